The maximum Gasteiger partial charge on any atom is -0.0133 e. The summed E-state index contributed by atoms with van der Waals surface area (Å²) in [6.07, 6.45) is 7.16. The molecule has 0 nitrogen and oxygen atoms in total. The zero-order valence-corrected chi connectivity index (χ0v) is 6.51. The van der Waals surface area contributed by atoms with E-state index in [0.717, 1.165) is 11.8 Å². The van der Waals surface area contributed by atoms with Gasteiger partial charge in [0.15, 0.2) is 0 Å². The van der Waals surface area contributed by atoms with Gasteiger partial charge in [0, 0.05) is 0 Å². The van der Waals surface area contributed by atoms with Gasteiger partial charge in [-0.1, -0.05) is 38.3 Å². The van der Waals surface area contributed by atoms with Crippen molar-refractivity contribution in [3.05, 3.63) is 37.0 Å². The lowest BCUT2D eigenvalue weighted by Gasteiger charge is -1.94. The van der Waals surface area contributed by atoms with Crippen molar-refractivity contribution in [3.63, 3.8) is 0 Å². The van der Waals surface area contributed by atoms with Crippen LogP contribution in [0.1, 0.15) is 13.3 Å². The molecule has 0 heteroatoms. The Kier molecular flexibility index (Phi) is 2.10. The normalized spacial score (nSPS) is 31.5. The Morgan fingerprint density at radius 1 is 1.50 bits per heavy atom. The summed E-state index contributed by atoms with van der Waals surface area (Å²) in [5, 5.41) is 0. The molecule has 1 aliphatic rings. The van der Waals surface area contributed by atoms with Crippen molar-refractivity contribution in [2.45, 2.75) is 13.3 Å². The Morgan fingerprint density at radius 3 is 2.40 bits per heavy atom. The van der Waals surface area contributed by atoms with Crippen LogP contribution in [0.15, 0.2) is 37.0 Å². The van der Waals surface area contributed by atoms with Gasteiger partial charge in [-0.25, -0.2) is 0 Å². The van der Waals surface area contributed by atoms with Crippen LogP contribution in [-0.2, 0) is 0 Å². The minimum absolute atomic E-state index is 0.774. The largest absolute Gasteiger partial charge is 0.0991 e. The van der Waals surface area contributed by atoms with E-state index < -0.39 is 0 Å². The number of rotatable bonds is 3. The summed E-state index contributed by atoms with van der Waals surface area (Å²) in [4.78, 5) is 0. The average Bonchev–Trinajstić information content (AvgIpc) is 2.62. The molecule has 0 heterocycles. The first-order valence-corrected chi connectivity index (χ1v) is 3.74. The minimum Gasteiger partial charge on any atom is -0.0991 e. The van der Waals surface area contributed by atoms with Crippen molar-refractivity contribution >= 4 is 0 Å². The zero-order valence-electron chi connectivity index (χ0n) is 6.51. The zero-order chi connectivity index (χ0) is 7.56. The molecule has 0 amide bonds. The topological polar surface area (TPSA) is 0 Å². The number of hydrogen-bond acceptors (Lipinski definition) is 0. The van der Waals surface area contributed by atoms with E-state index in [0.29, 0.717) is 0 Å². The van der Waals surface area contributed by atoms with Crippen LogP contribution in [0.5, 0.6) is 0 Å². The summed E-state index contributed by atoms with van der Waals surface area (Å²) in [5.41, 5.74) is 1.35. The molecule has 10 heavy (non-hydrogen) atoms. The summed E-state index contributed by atoms with van der Waals surface area (Å²) < 4.78 is 0. The molecular weight excluding hydrogens is 120 g/mol. The van der Waals surface area contributed by atoms with Crippen molar-refractivity contribution in [2.24, 2.45) is 11.8 Å². The van der Waals surface area contributed by atoms with E-state index in [4.69, 9.17) is 0 Å². The predicted octanol–water partition coefficient (Wildman–Crippen LogP) is 2.94. The Morgan fingerprint density at radius 2 is 2.10 bits per heavy atom. The molecule has 1 fully saturated rings. The molecule has 0 spiro atoms. The van der Waals surface area contributed by atoms with E-state index in [1.807, 2.05) is 12.2 Å². The summed E-state index contributed by atoms with van der Waals surface area (Å²) in [6, 6.07) is 0. The molecule has 0 aliphatic heterocycles. The molecule has 1 aliphatic carbocycles. The molecule has 0 bridgehead atoms. The van der Waals surface area contributed by atoms with Gasteiger partial charge in [0.1, 0.15) is 0 Å². The van der Waals surface area contributed by atoms with Gasteiger partial charge in [0.25, 0.3) is 0 Å². The van der Waals surface area contributed by atoms with E-state index in [1.54, 1.807) is 0 Å². The first-order chi connectivity index (χ1) is 4.79. The summed E-state index contributed by atoms with van der Waals surface area (Å²) in [7, 11) is 0. The summed E-state index contributed by atoms with van der Waals surface area (Å²) in [5.74, 6) is 1.64. The lowest BCUT2D eigenvalue weighted by Crippen LogP contribution is -1.80. The van der Waals surface area contributed by atoms with Crippen molar-refractivity contribution < 1.29 is 0 Å². The van der Waals surface area contributed by atoms with Crippen LogP contribution in [0, 0.1) is 11.8 Å². The Hall–Kier alpha value is -0.780. The van der Waals surface area contributed by atoms with Gasteiger partial charge < -0.3 is 0 Å². The Balaban J connectivity index is 2.57. The highest BCUT2D eigenvalue weighted by Gasteiger charge is 2.33. The first kappa shape index (κ1) is 7.33. The molecule has 54 valence electrons. The maximum atomic E-state index is 3.76. The van der Waals surface area contributed by atoms with Crippen molar-refractivity contribution in [1.29, 1.82) is 0 Å². The molecule has 0 N–H and O–H groups in total. The molecule has 0 saturated heterocycles. The van der Waals surface area contributed by atoms with Gasteiger partial charge in [-0.05, 0) is 23.8 Å². The van der Waals surface area contributed by atoms with Crippen molar-refractivity contribution in [1.82, 2.24) is 0 Å². The van der Waals surface area contributed by atoms with Crippen LogP contribution >= 0.6 is 0 Å². The van der Waals surface area contributed by atoms with Gasteiger partial charge >= 0.3 is 0 Å². The second kappa shape index (κ2) is 2.87. The third kappa shape index (κ3) is 1.38. The van der Waals surface area contributed by atoms with E-state index >= 15 is 0 Å². The SMILES string of the molecule is C=C/C=C(\C=C)[C@@H]1C[C@H]1C. The third-order valence-electron chi connectivity index (χ3n) is 2.08. The molecule has 2 atom stereocenters. The van der Waals surface area contributed by atoms with Crippen LogP contribution < -0.4 is 0 Å². The fourth-order valence-corrected chi connectivity index (χ4v) is 1.27. The standard InChI is InChI=1S/C10H14/c1-4-6-9(5-2)10-7-8(10)3/h4-6,8,10H,1-2,7H2,3H3/b9-6+/t8-,10-/m1/s1. The van der Waals surface area contributed by atoms with Gasteiger partial charge in [0.2, 0.25) is 0 Å². The van der Waals surface area contributed by atoms with Gasteiger partial charge in [-0.3, -0.25) is 0 Å². The first-order valence-electron chi connectivity index (χ1n) is 3.74. The molecule has 0 radical (unpaired) electrons. The highest BCUT2D eigenvalue weighted by molar-refractivity contribution is 5.28. The monoisotopic (exact) mass is 134 g/mol. The highest BCUT2D eigenvalue weighted by atomic mass is 14.4. The van der Waals surface area contributed by atoms with Crippen molar-refractivity contribution in [2.75, 3.05) is 0 Å². The van der Waals surface area contributed by atoms with Crippen LogP contribution in [0.25, 0.3) is 0 Å². The molecule has 1 rings (SSSR count). The van der Waals surface area contributed by atoms with Gasteiger partial charge in [-0.15, -0.1) is 0 Å². The van der Waals surface area contributed by atoms with Crippen molar-refractivity contribution in [3.8, 4) is 0 Å². The fourth-order valence-electron chi connectivity index (χ4n) is 1.27. The van der Waals surface area contributed by atoms with Crippen LogP contribution in [-0.4, -0.2) is 0 Å². The molecule has 0 aromatic carbocycles. The number of hydrogen-bond donors (Lipinski definition) is 0. The maximum absolute atomic E-state index is 3.76. The molecule has 0 aromatic heterocycles. The minimum atomic E-state index is 0.774. The van der Waals surface area contributed by atoms with Gasteiger partial charge in [0.05, 0.1) is 0 Å². The second-order valence-electron chi connectivity index (χ2n) is 2.93. The second-order valence-corrected chi connectivity index (χ2v) is 2.93. The lowest BCUT2D eigenvalue weighted by atomic mass is 10.1. The smallest absolute Gasteiger partial charge is 0.0133 e. The van der Waals surface area contributed by atoms with E-state index in [1.165, 1.54) is 12.0 Å². The average molecular weight is 134 g/mol. The third-order valence-corrected chi connectivity index (χ3v) is 2.08. The van der Waals surface area contributed by atoms with Crippen LogP contribution in [0.3, 0.4) is 0 Å². The summed E-state index contributed by atoms with van der Waals surface area (Å²) >= 11 is 0. The van der Waals surface area contributed by atoms with E-state index in [-0.39, 0.29) is 0 Å². The number of allylic oxidation sites excluding steroid dienone is 4. The predicted molar refractivity (Wildman–Crippen MR) is 45.7 cm³/mol. The van der Waals surface area contributed by atoms with E-state index in [2.05, 4.69) is 26.2 Å². The van der Waals surface area contributed by atoms with E-state index in [9.17, 15) is 0 Å². The molecular formula is C10H14. The quantitative estimate of drug-likeness (QED) is 0.520. The highest BCUT2D eigenvalue weighted by Crippen LogP contribution is 2.43. The lowest BCUT2D eigenvalue weighted by molar-refractivity contribution is 0.874. The summed E-state index contributed by atoms with van der Waals surface area (Å²) in [6.45, 7) is 9.69. The Labute approximate surface area is 62.9 Å². The van der Waals surface area contributed by atoms with Crippen LogP contribution in [0.2, 0.25) is 0 Å². The molecule has 0 aromatic rings. The Bertz CT molecular complexity index is 174. The van der Waals surface area contributed by atoms with Gasteiger partial charge in [-0.2, -0.15) is 0 Å². The van der Waals surface area contributed by atoms with Crippen LogP contribution in [0.4, 0.5) is 0 Å². The molecule has 1 saturated carbocycles. The molecule has 0 unspecified atom stereocenters. The fraction of sp³-hybridized carbons (Fsp3) is 0.400.